The van der Waals surface area contributed by atoms with E-state index in [1.165, 1.54) is 16.4 Å². The number of nitrogens with zero attached hydrogens (tertiary/aromatic N) is 1. The van der Waals surface area contributed by atoms with Crippen LogP contribution in [0.1, 0.15) is 33.1 Å². The third-order valence-electron chi connectivity index (χ3n) is 4.28. The van der Waals surface area contributed by atoms with Gasteiger partial charge in [0.15, 0.2) is 0 Å². The number of benzene rings is 2. The third kappa shape index (κ3) is 6.20. The molecule has 0 aromatic heterocycles. The van der Waals surface area contributed by atoms with Crippen molar-refractivity contribution >= 4 is 62.3 Å². The summed E-state index contributed by atoms with van der Waals surface area (Å²) in [6, 6.07) is 10.7. The molecule has 8 heteroatoms. The maximum atomic E-state index is 13.5. The second-order valence-electron chi connectivity index (χ2n) is 6.39. The average Bonchev–Trinajstić information content (AvgIpc) is 2.65. The minimum Gasteiger partial charge on any atom is -0.262 e. The molecule has 0 aliphatic heterocycles. The van der Waals surface area contributed by atoms with E-state index in [0.717, 1.165) is 30.8 Å². The second-order valence-corrected chi connectivity index (χ2v) is 10.9. The van der Waals surface area contributed by atoms with Gasteiger partial charge in [0, 0.05) is 16.1 Å². The average molecular weight is 481 g/mol. The molecule has 0 aliphatic carbocycles. The van der Waals surface area contributed by atoms with Crippen LogP contribution in [-0.2, 0) is 10.0 Å². The van der Waals surface area contributed by atoms with Crippen molar-refractivity contribution in [2.75, 3.05) is 15.8 Å². The molecule has 0 radical (unpaired) electrons. The largest absolute Gasteiger partial charge is 0.264 e. The molecule has 0 aliphatic rings. The van der Waals surface area contributed by atoms with Crippen LogP contribution in [0.25, 0.3) is 0 Å². The molecule has 0 saturated carbocycles. The summed E-state index contributed by atoms with van der Waals surface area (Å²) >= 11 is 20.3. The minimum atomic E-state index is -3.83. The molecule has 2 aromatic rings. The van der Waals surface area contributed by atoms with Crippen LogP contribution in [0.2, 0.25) is 15.1 Å². The summed E-state index contributed by atoms with van der Waals surface area (Å²) in [6.45, 7) is 4.03. The first-order chi connectivity index (χ1) is 13.3. The van der Waals surface area contributed by atoms with E-state index in [1.807, 2.05) is 18.7 Å². The molecule has 0 heterocycles. The number of hydrogen-bond acceptors (Lipinski definition) is 3. The van der Waals surface area contributed by atoms with E-state index in [9.17, 15) is 8.42 Å². The highest BCUT2D eigenvalue weighted by Crippen LogP contribution is 2.35. The Morgan fingerprint density at radius 3 is 2.29 bits per heavy atom. The molecular formula is C20H24Cl3NO2S2. The highest BCUT2D eigenvalue weighted by molar-refractivity contribution is 7.99. The Morgan fingerprint density at radius 1 is 1.00 bits per heavy atom. The van der Waals surface area contributed by atoms with E-state index in [-0.39, 0.29) is 10.9 Å². The van der Waals surface area contributed by atoms with Crippen molar-refractivity contribution in [1.29, 1.82) is 0 Å². The van der Waals surface area contributed by atoms with Gasteiger partial charge in [-0.15, -0.1) is 0 Å². The number of anilines is 1. The Labute approximate surface area is 187 Å². The van der Waals surface area contributed by atoms with E-state index in [4.69, 9.17) is 34.8 Å². The molecule has 0 bridgehead atoms. The summed E-state index contributed by atoms with van der Waals surface area (Å²) in [5, 5.41) is 1.25. The first-order valence-electron chi connectivity index (χ1n) is 9.10. The third-order valence-corrected chi connectivity index (χ3v) is 8.02. The first-order valence-corrected chi connectivity index (χ1v) is 12.8. The van der Waals surface area contributed by atoms with Crippen LogP contribution < -0.4 is 4.31 Å². The lowest BCUT2D eigenvalue weighted by Crippen LogP contribution is -2.39. The molecule has 154 valence electrons. The van der Waals surface area contributed by atoms with Gasteiger partial charge < -0.3 is 0 Å². The van der Waals surface area contributed by atoms with E-state index in [1.54, 1.807) is 30.3 Å². The van der Waals surface area contributed by atoms with Crippen molar-refractivity contribution in [2.45, 2.75) is 44.0 Å². The number of rotatable bonds is 10. The fourth-order valence-corrected chi connectivity index (χ4v) is 5.83. The van der Waals surface area contributed by atoms with Crippen LogP contribution in [0.3, 0.4) is 0 Å². The maximum Gasteiger partial charge on any atom is 0.264 e. The molecule has 3 nitrogen and oxygen atoms in total. The fourth-order valence-electron chi connectivity index (χ4n) is 2.88. The smallest absolute Gasteiger partial charge is 0.262 e. The summed E-state index contributed by atoms with van der Waals surface area (Å²) in [5.74, 6) is 2.16. The van der Waals surface area contributed by atoms with Crippen LogP contribution in [0.5, 0.6) is 0 Å². The molecule has 0 fully saturated rings. The van der Waals surface area contributed by atoms with Crippen LogP contribution >= 0.6 is 46.6 Å². The highest BCUT2D eigenvalue weighted by atomic mass is 35.5. The standard InChI is InChI=1S/C20H24Cl3NO2S2/c1-3-27-13-5-4-6-15(2)24(20-14-17(22)9-12-19(20)23)28(25,26)18-10-7-16(21)8-11-18/h7-12,14-15H,3-6,13H2,1-2H3. The zero-order chi connectivity index (χ0) is 20.7. The maximum absolute atomic E-state index is 13.5. The number of thioether (sulfide) groups is 1. The van der Waals surface area contributed by atoms with Gasteiger partial charge in [0.1, 0.15) is 0 Å². The summed E-state index contributed by atoms with van der Waals surface area (Å²) in [5.41, 5.74) is 0.388. The fraction of sp³-hybridized carbons (Fsp3) is 0.400. The van der Waals surface area contributed by atoms with E-state index < -0.39 is 10.0 Å². The minimum absolute atomic E-state index is 0.168. The van der Waals surface area contributed by atoms with Gasteiger partial charge in [0.05, 0.1) is 15.6 Å². The Morgan fingerprint density at radius 2 is 1.64 bits per heavy atom. The summed E-state index contributed by atoms with van der Waals surface area (Å²) in [6.07, 6.45) is 2.69. The molecule has 1 atom stereocenters. The van der Waals surface area contributed by atoms with Crippen molar-refractivity contribution in [2.24, 2.45) is 0 Å². The van der Waals surface area contributed by atoms with Gasteiger partial charge in [-0.1, -0.05) is 48.1 Å². The number of hydrogen-bond donors (Lipinski definition) is 0. The molecule has 0 amide bonds. The summed E-state index contributed by atoms with van der Waals surface area (Å²) in [7, 11) is -3.83. The molecule has 28 heavy (non-hydrogen) atoms. The molecule has 2 rings (SSSR count). The quantitative estimate of drug-likeness (QED) is 0.339. The van der Waals surface area contributed by atoms with E-state index in [2.05, 4.69) is 6.92 Å². The zero-order valence-corrected chi connectivity index (χ0v) is 19.8. The van der Waals surface area contributed by atoms with Gasteiger partial charge in [-0.2, -0.15) is 11.8 Å². The second kappa shape index (κ2) is 11.0. The van der Waals surface area contributed by atoms with Gasteiger partial charge in [-0.25, -0.2) is 8.42 Å². The van der Waals surface area contributed by atoms with Gasteiger partial charge in [0.2, 0.25) is 0 Å². The molecule has 1 unspecified atom stereocenters. The SMILES string of the molecule is CCSCCCCC(C)N(c1cc(Cl)ccc1Cl)S(=O)(=O)c1ccc(Cl)cc1. The molecule has 0 saturated heterocycles. The van der Waals surface area contributed by atoms with Gasteiger partial charge in [-0.05, 0) is 73.7 Å². The summed E-state index contributed by atoms with van der Waals surface area (Å²) < 4.78 is 28.3. The lowest BCUT2D eigenvalue weighted by molar-refractivity contribution is 0.562. The highest BCUT2D eigenvalue weighted by Gasteiger charge is 2.31. The Kier molecular flexibility index (Phi) is 9.29. The van der Waals surface area contributed by atoms with Gasteiger partial charge in [0.25, 0.3) is 10.0 Å². The van der Waals surface area contributed by atoms with Gasteiger partial charge >= 0.3 is 0 Å². The van der Waals surface area contributed by atoms with Crippen molar-refractivity contribution in [3.63, 3.8) is 0 Å². The Balaban J connectivity index is 2.38. The normalized spacial score (nSPS) is 12.8. The van der Waals surface area contributed by atoms with Crippen molar-refractivity contribution in [3.05, 3.63) is 57.5 Å². The molecule has 2 aromatic carbocycles. The summed E-state index contributed by atoms with van der Waals surface area (Å²) in [4.78, 5) is 0.168. The van der Waals surface area contributed by atoms with Crippen molar-refractivity contribution < 1.29 is 8.42 Å². The van der Waals surface area contributed by atoms with Crippen molar-refractivity contribution in [1.82, 2.24) is 0 Å². The Bertz CT molecular complexity index is 874. The van der Waals surface area contributed by atoms with Gasteiger partial charge in [-0.3, -0.25) is 4.31 Å². The predicted octanol–water partition coefficient (Wildman–Crippen LogP) is 7.15. The molecular weight excluding hydrogens is 457 g/mol. The van der Waals surface area contributed by atoms with E-state index >= 15 is 0 Å². The lowest BCUT2D eigenvalue weighted by Gasteiger charge is -2.31. The zero-order valence-electron chi connectivity index (χ0n) is 15.9. The number of sulfonamides is 1. The first kappa shape index (κ1) is 23.7. The predicted molar refractivity (Wildman–Crippen MR) is 124 cm³/mol. The number of halogens is 3. The van der Waals surface area contributed by atoms with Crippen molar-refractivity contribution in [3.8, 4) is 0 Å². The Hall–Kier alpha value is -0.590. The van der Waals surface area contributed by atoms with Crippen LogP contribution in [0.15, 0.2) is 47.4 Å². The molecule has 0 spiro atoms. The van der Waals surface area contributed by atoms with Crippen LogP contribution in [0, 0.1) is 0 Å². The monoisotopic (exact) mass is 479 g/mol. The lowest BCUT2D eigenvalue weighted by atomic mass is 10.1. The topological polar surface area (TPSA) is 37.4 Å². The molecule has 0 N–H and O–H groups in total. The van der Waals surface area contributed by atoms with Crippen LogP contribution in [0.4, 0.5) is 5.69 Å². The van der Waals surface area contributed by atoms with Crippen LogP contribution in [-0.4, -0.2) is 26.0 Å². The number of unbranched alkanes of at least 4 members (excludes halogenated alkanes) is 1. The van der Waals surface area contributed by atoms with E-state index in [0.29, 0.717) is 20.8 Å².